The maximum Gasteiger partial charge on any atom is 0.271 e. The van der Waals surface area contributed by atoms with Gasteiger partial charge in [-0.2, -0.15) is 0 Å². The first-order chi connectivity index (χ1) is 13.7. The predicted octanol–water partition coefficient (Wildman–Crippen LogP) is 3.22. The lowest BCUT2D eigenvalue weighted by molar-refractivity contribution is -0.384. The summed E-state index contributed by atoms with van der Waals surface area (Å²) >= 11 is 0. The zero-order chi connectivity index (χ0) is 21.2. The van der Waals surface area contributed by atoms with Gasteiger partial charge in [-0.3, -0.25) is 10.1 Å². The first-order valence-corrected chi connectivity index (χ1v) is 10.7. The fourth-order valence-corrected chi connectivity index (χ4v) is 4.48. The van der Waals surface area contributed by atoms with Crippen LogP contribution in [0.1, 0.15) is 24.1 Å². The van der Waals surface area contributed by atoms with Crippen LogP contribution in [-0.4, -0.2) is 43.9 Å². The predicted molar refractivity (Wildman–Crippen MR) is 112 cm³/mol. The lowest BCUT2D eigenvalue weighted by atomic mass is 10.0. The molecule has 9 heteroatoms. The van der Waals surface area contributed by atoms with Gasteiger partial charge in [0, 0.05) is 36.3 Å². The van der Waals surface area contributed by atoms with Crippen LogP contribution in [0.3, 0.4) is 0 Å². The molecule has 154 valence electrons. The van der Waals surface area contributed by atoms with Gasteiger partial charge in [0.15, 0.2) is 0 Å². The lowest BCUT2D eigenvalue weighted by Crippen LogP contribution is -2.34. The smallest absolute Gasteiger partial charge is 0.271 e. The van der Waals surface area contributed by atoms with Crippen LogP contribution in [-0.2, 0) is 16.4 Å². The van der Waals surface area contributed by atoms with E-state index in [0.717, 1.165) is 12.0 Å². The standard InChI is InChI=1S/C20H24N4O4S/c1-4-14-5-7-15(8-6-14)19(23(2)3)12-22-29(27,28)20-13-21-18-11-16(24(25)26)9-10-17(18)20/h5-11,13,19,21-22H,4,12H2,1-3H3/t19-/m0/s1. The molecule has 0 bridgehead atoms. The number of aryl methyl sites for hydroxylation is 1. The quantitative estimate of drug-likeness (QED) is 0.433. The van der Waals surface area contributed by atoms with Gasteiger partial charge in [-0.15, -0.1) is 0 Å². The van der Waals surface area contributed by atoms with Crippen molar-refractivity contribution >= 4 is 26.6 Å². The van der Waals surface area contributed by atoms with Gasteiger partial charge >= 0.3 is 0 Å². The normalized spacial score (nSPS) is 13.1. The summed E-state index contributed by atoms with van der Waals surface area (Å²) in [6, 6.07) is 12.1. The fourth-order valence-electron chi connectivity index (χ4n) is 3.26. The fraction of sp³-hybridized carbons (Fsp3) is 0.300. The molecule has 1 atom stereocenters. The zero-order valence-corrected chi connectivity index (χ0v) is 17.4. The Morgan fingerprint density at radius 1 is 1.17 bits per heavy atom. The van der Waals surface area contributed by atoms with Crippen LogP contribution in [0.25, 0.3) is 10.9 Å². The van der Waals surface area contributed by atoms with Crippen molar-refractivity contribution in [2.45, 2.75) is 24.3 Å². The monoisotopic (exact) mass is 416 g/mol. The molecule has 2 N–H and O–H groups in total. The highest BCUT2D eigenvalue weighted by molar-refractivity contribution is 7.89. The zero-order valence-electron chi connectivity index (χ0n) is 16.5. The number of nitro benzene ring substituents is 1. The van der Waals surface area contributed by atoms with Gasteiger partial charge < -0.3 is 9.88 Å². The van der Waals surface area contributed by atoms with Gasteiger partial charge in [0.05, 0.1) is 10.4 Å². The average molecular weight is 417 g/mol. The number of non-ortho nitro benzene ring substituents is 1. The van der Waals surface area contributed by atoms with Crippen LogP contribution < -0.4 is 4.72 Å². The van der Waals surface area contributed by atoms with Crippen molar-refractivity contribution in [3.05, 3.63) is 69.9 Å². The highest BCUT2D eigenvalue weighted by atomic mass is 32.2. The maximum atomic E-state index is 12.9. The molecule has 0 radical (unpaired) electrons. The largest absolute Gasteiger partial charge is 0.360 e. The molecule has 3 aromatic rings. The van der Waals surface area contributed by atoms with Crippen molar-refractivity contribution in [3.8, 4) is 0 Å². The van der Waals surface area contributed by atoms with Crippen molar-refractivity contribution in [3.63, 3.8) is 0 Å². The SMILES string of the molecule is CCc1ccc([C@H](CNS(=O)(=O)c2c[nH]c3cc([N+](=O)[O-])ccc23)N(C)C)cc1. The molecule has 0 aliphatic carbocycles. The number of rotatable bonds is 8. The second-order valence-electron chi connectivity index (χ2n) is 7.07. The summed E-state index contributed by atoms with van der Waals surface area (Å²) < 4.78 is 28.5. The molecular formula is C20H24N4O4S. The molecule has 3 rings (SSSR count). The number of nitro groups is 1. The van der Waals surface area contributed by atoms with Gasteiger partial charge in [-0.25, -0.2) is 13.1 Å². The molecule has 0 spiro atoms. The van der Waals surface area contributed by atoms with Gasteiger partial charge in [0.25, 0.3) is 5.69 Å². The summed E-state index contributed by atoms with van der Waals surface area (Å²) in [7, 11) is -0.00318. The molecule has 0 unspecified atom stereocenters. The van der Waals surface area contributed by atoms with E-state index in [9.17, 15) is 18.5 Å². The number of likely N-dealkylation sites (N-methyl/N-ethyl adjacent to an activating group) is 1. The molecule has 0 aliphatic rings. The molecule has 0 aliphatic heterocycles. The van der Waals surface area contributed by atoms with E-state index in [1.807, 2.05) is 43.3 Å². The van der Waals surface area contributed by atoms with Crippen molar-refractivity contribution in [2.24, 2.45) is 0 Å². The van der Waals surface area contributed by atoms with Crippen LogP contribution in [0.2, 0.25) is 0 Å². The Kier molecular flexibility index (Phi) is 6.02. The molecule has 0 fully saturated rings. The van der Waals surface area contributed by atoms with Crippen molar-refractivity contribution in [2.75, 3.05) is 20.6 Å². The molecule has 0 saturated heterocycles. The Balaban J connectivity index is 1.84. The van der Waals surface area contributed by atoms with E-state index < -0.39 is 14.9 Å². The van der Waals surface area contributed by atoms with Gasteiger partial charge in [0.1, 0.15) is 4.90 Å². The van der Waals surface area contributed by atoms with E-state index in [1.165, 1.54) is 30.0 Å². The Morgan fingerprint density at radius 2 is 1.86 bits per heavy atom. The third kappa shape index (κ3) is 4.47. The molecular weight excluding hydrogens is 392 g/mol. The molecule has 0 amide bonds. The van der Waals surface area contributed by atoms with E-state index in [0.29, 0.717) is 10.9 Å². The Hall–Kier alpha value is -2.75. The van der Waals surface area contributed by atoms with Crippen molar-refractivity contribution in [1.29, 1.82) is 0 Å². The number of H-pyrrole nitrogens is 1. The Labute approximate surface area is 169 Å². The van der Waals surface area contributed by atoms with E-state index in [-0.39, 0.29) is 23.2 Å². The van der Waals surface area contributed by atoms with E-state index in [2.05, 4.69) is 16.6 Å². The molecule has 2 aromatic carbocycles. The minimum atomic E-state index is -3.80. The number of fused-ring (bicyclic) bond motifs is 1. The van der Waals surface area contributed by atoms with Crippen molar-refractivity contribution in [1.82, 2.24) is 14.6 Å². The number of hydrogen-bond donors (Lipinski definition) is 2. The van der Waals surface area contributed by atoms with Gasteiger partial charge in [-0.05, 0) is 37.7 Å². The second-order valence-corrected chi connectivity index (χ2v) is 8.80. The van der Waals surface area contributed by atoms with Gasteiger partial charge in [0.2, 0.25) is 10.0 Å². The van der Waals surface area contributed by atoms with E-state index in [4.69, 9.17) is 0 Å². The number of nitrogens with one attached hydrogen (secondary N) is 2. The molecule has 0 saturated carbocycles. The van der Waals surface area contributed by atoms with Crippen molar-refractivity contribution < 1.29 is 13.3 Å². The van der Waals surface area contributed by atoms with E-state index in [1.54, 1.807) is 0 Å². The molecule has 1 heterocycles. The average Bonchev–Trinajstić information content (AvgIpc) is 3.12. The van der Waals surface area contributed by atoms with Crippen LogP contribution >= 0.6 is 0 Å². The topological polar surface area (TPSA) is 108 Å². The number of benzene rings is 2. The first-order valence-electron chi connectivity index (χ1n) is 9.23. The number of nitrogens with zero attached hydrogens (tertiary/aromatic N) is 2. The van der Waals surface area contributed by atoms with Crippen LogP contribution in [0.4, 0.5) is 5.69 Å². The molecule has 1 aromatic heterocycles. The minimum absolute atomic E-state index is 0.0706. The highest BCUT2D eigenvalue weighted by Gasteiger charge is 2.23. The summed E-state index contributed by atoms with van der Waals surface area (Å²) in [5.74, 6) is 0. The Bertz CT molecular complexity index is 1120. The molecule has 8 nitrogen and oxygen atoms in total. The maximum absolute atomic E-state index is 12.9. The lowest BCUT2D eigenvalue weighted by Gasteiger charge is -2.25. The Morgan fingerprint density at radius 3 is 2.45 bits per heavy atom. The van der Waals surface area contributed by atoms with Gasteiger partial charge in [-0.1, -0.05) is 31.2 Å². The first kappa shape index (κ1) is 21.0. The summed E-state index contributed by atoms with van der Waals surface area (Å²) in [6.07, 6.45) is 2.30. The van der Waals surface area contributed by atoms with E-state index >= 15 is 0 Å². The number of sulfonamides is 1. The third-order valence-corrected chi connectivity index (χ3v) is 6.45. The van der Waals surface area contributed by atoms with Crippen LogP contribution in [0.15, 0.2) is 53.6 Å². The summed E-state index contributed by atoms with van der Waals surface area (Å²) in [5, 5.41) is 11.3. The summed E-state index contributed by atoms with van der Waals surface area (Å²) in [6.45, 7) is 2.28. The minimum Gasteiger partial charge on any atom is -0.360 e. The van der Waals surface area contributed by atoms with Crippen LogP contribution in [0, 0.1) is 10.1 Å². The number of hydrogen-bond acceptors (Lipinski definition) is 5. The molecule has 29 heavy (non-hydrogen) atoms. The second kappa shape index (κ2) is 8.32. The number of aromatic nitrogens is 1. The highest BCUT2D eigenvalue weighted by Crippen LogP contribution is 2.27. The summed E-state index contributed by atoms with van der Waals surface area (Å²) in [4.78, 5) is 15.2. The summed E-state index contributed by atoms with van der Waals surface area (Å²) in [5.41, 5.74) is 2.54. The third-order valence-electron chi connectivity index (χ3n) is 4.99. The van der Waals surface area contributed by atoms with Crippen LogP contribution in [0.5, 0.6) is 0 Å². The number of aromatic amines is 1.